The molecule has 0 unspecified atom stereocenters. The molecule has 1 aliphatic heterocycles. The van der Waals surface area contributed by atoms with Crippen LogP contribution >= 0.6 is 0 Å². The van der Waals surface area contributed by atoms with E-state index in [1.807, 2.05) is 11.8 Å². The Morgan fingerprint density at radius 3 is 2.71 bits per heavy atom. The van der Waals surface area contributed by atoms with Crippen molar-refractivity contribution in [1.82, 2.24) is 0 Å². The summed E-state index contributed by atoms with van der Waals surface area (Å²) < 4.78 is 16.7. The van der Waals surface area contributed by atoms with Crippen LogP contribution in [-0.2, 0) is 16.0 Å². The molecule has 3 rings (SSSR count). The molecule has 0 bridgehead atoms. The summed E-state index contributed by atoms with van der Waals surface area (Å²) in [7, 11) is 0. The lowest BCUT2D eigenvalue weighted by atomic mass is 10.0. The van der Waals surface area contributed by atoms with Gasteiger partial charge in [0.1, 0.15) is 11.3 Å². The van der Waals surface area contributed by atoms with Crippen molar-refractivity contribution in [3.8, 4) is 5.75 Å². The third-order valence-electron chi connectivity index (χ3n) is 4.02. The first-order chi connectivity index (χ1) is 11.6. The van der Waals surface area contributed by atoms with Gasteiger partial charge in [0, 0.05) is 31.6 Å². The zero-order chi connectivity index (χ0) is 17.1. The summed E-state index contributed by atoms with van der Waals surface area (Å²) in [5.41, 5.74) is 1.17. The second-order valence-electron chi connectivity index (χ2n) is 5.81. The van der Waals surface area contributed by atoms with Crippen LogP contribution in [0.1, 0.15) is 25.8 Å². The van der Waals surface area contributed by atoms with Gasteiger partial charge < -0.3 is 18.8 Å². The molecule has 0 N–H and O–H groups in total. The molecular formula is C18H21NO5. The number of esters is 1. The molecule has 128 valence electrons. The van der Waals surface area contributed by atoms with Crippen molar-refractivity contribution in [3.05, 3.63) is 34.0 Å². The summed E-state index contributed by atoms with van der Waals surface area (Å²) in [6.07, 6.45) is 1.51. The summed E-state index contributed by atoms with van der Waals surface area (Å²) in [5.74, 6) is 0.602. The number of carbonyl (C=O) groups excluding carboxylic acids is 1. The van der Waals surface area contributed by atoms with Crippen LogP contribution in [0.2, 0.25) is 0 Å². The van der Waals surface area contributed by atoms with E-state index in [1.54, 1.807) is 12.1 Å². The maximum absolute atomic E-state index is 12.5. The zero-order valence-electron chi connectivity index (χ0n) is 14.0. The summed E-state index contributed by atoms with van der Waals surface area (Å²) >= 11 is 0. The molecule has 2 heterocycles. The van der Waals surface area contributed by atoms with Crippen LogP contribution in [0, 0.1) is 0 Å². The van der Waals surface area contributed by atoms with Gasteiger partial charge in [-0.25, -0.2) is 0 Å². The van der Waals surface area contributed by atoms with E-state index in [0.29, 0.717) is 55.3 Å². The Labute approximate surface area is 140 Å². The standard InChI is InChI=1S/C18H21NO5/c1-3-4-14-16(23-12(2)20)6-5-13-15(21)11-17(24-18(13)14)19-7-9-22-10-8-19/h5-6,11H,3-4,7-10H2,1-2H3. The van der Waals surface area contributed by atoms with Crippen molar-refractivity contribution >= 4 is 22.8 Å². The molecule has 1 aromatic carbocycles. The molecule has 24 heavy (non-hydrogen) atoms. The highest BCUT2D eigenvalue weighted by Crippen LogP contribution is 2.30. The van der Waals surface area contributed by atoms with Gasteiger partial charge in [0.2, 0.25) is 0 Å². The van der Waals surface area contributed by atoms with E-state index in [0.717, 1.165) is 12.0 Å². The molecule has 0 atom stereocenters. The Morgan fingerprint density at radius 2 is 2.04 bits per heavy atom. The Hall–Kier alpha value is -2.34. The topological polar surface area (TPSA) is 69.0 Å². The van der Waals surface area contributed by atoms with E-state index < -0.39 is 5.97 Å². The van der Waals surface area contributed by atoms with Crippen LogP contribution in [0.15, 0.2) is 27.4 Å². The molecule has 0 saturated carbocycles. The van der Waals surface area contributed by atoms with Crippen LogP contribution in [0.3, 0.4) is 0 Å². The quantitative estimate of drug-likeness (QED) is 0.633. The summed E-state index contributed by atoms with van der Waals surface area (Å²) in [5, 5.41) is 0.506. The molecule has 6 heteroatoms. The van der Waals surface area contributed by atoms with Crippen molar-refractivity contribution in [1.29, 1.82) is 0 Å². The summed E-state index contributed by atoms with van der Waals surface area (Å²) in [4.78, 5) is 25.9. The highest BCUT2D eigenvalue weighted by Gasteiger charge is 2.19. The first-order valence-corrected chi connectivity index (χ1v) is 8.21. The van der Waals surface area contributed by atoms with Crippen LogP contribution in [0.25, 0.3) is 11.0 Å². The monoisotopic (exact) mass is 331 g/mol. The Morgan fingerprint density at radius 1 is 1.29 bits per heavy atom. The molecule has 1 fully saturated rings. The van der Waals surface area contributed by atoms with Crippen molar-refractivity contribution in [2.45, 2.75) is 26.7 Å². The predicted octanol–water partition coefficient (Wildman–Crippen LogP) is 2.51. The Kier molecular flexibility index (Phi) is 4.85. The maximum Gasteiger partial charge on any atom is 0.308 e. The fourth-order valence-corrected chi connectivity index (χ4v) is 2.92. The lowest BCUT2D eigenvalue weighted by Gasteiger charge is -2.27. The molecule has 1 aromatic heterocycles. The van der Waals surface area contributed by atoms with Crippen molar-refractivity contribution in [2.24, 2.45) is 0 Å². The Balaban J connectivity index is 2.15. The van der Waals surface area contributed by atoms with Gasteiger partial charge >= 0.3 is 5.97 Å². The lowest BCUT2D eigenvalue weighted by Crippen LogP contribution is -2.36. The highest BCUT2D eigenvalue weighted by atomic mass is 16.5. The number of fused-ring (bicyclic) bond motifs is 1. The molecule has 0 spiro atoms. The fraction of sp³-hybridized carbons (Fsp3) is 0.444. The predicted molar refractivity (Wildman–Crippen MR) is 90.8 cm³/mol. The second-order valence-corrected chi connectivity index (χ2v) is 5.81. The molecule has 1 saturated heterocycles. The average Bonchev–Trinajstić information content (AvgIpc) is 2.57. The average molecular weight is 331 g/mol. The van der Waals surface area contributed by atoms with Gasteiger partial charge in [0.25, 0.3) is 0 Å². The van der Waals surface area contributed by atoms with Crippen LogP contribution in [-0.4, -0.2) is 32.3 Å². The van der Waals surface area contributed by atoms with Gasteiger partial charge in [0.05, 0.1) is 18.6 Å². The van der Waals surface area contributed by atoms with E-state index in [1.165, 1.54) is 13.0 Å². The maximum atomic E-state index is 12.5. The lowest BCUT2D eigenvalue weighted by molar-refractivity contribution is -0.131. The molecule has 2 aromatic rings. The van der Waals surface area contributed by atoms with E-state index in [4.69, 9.17) is 13.9 Å². The summed E-state index contributed by atoms with van der Waals surface area (Å²) in [6.45, 7) is 5.97. The number of nitrogens with zero attached hydrogens (tertiary/aromatic N) is 1. The van der Waals surface area contributed by atoms with Crippen molar-refractivity contribution in [2.75, 3.05) is 31.2 Å². The molecule has 0 radical (unpaired) electrons. The molecule has 1 aliphatic rings. The smallest absolute Gasteiger partial charge is 0.308 e. The van der Waals surface area contributed by atoms with Gasteiger partial charge in [-0.1, -0.05) is 13.3 Å². The zero-order valence-corrected chi connectivity index (χ0v) is 14.0. The van der Waals surface area contributed by atoms with Gasteiger partial charge in [0.15, 0.2) is 11.3 Å². The molecule has 0 amide bonds. The van der Waals surface area contributed by atoms with Gasteiger partial charge in [-0.3, -0.25) is 9.59 Å². The second kappa shape index (κ2) is 7.05. The number of morpholine rings is 1. The molecular weight excluding hydrogens is 310 g/mol. The molecule has 0 aliphatic carbocycles. The number of carbonyl (C=O) groups is 1. The van der Waals surface area contributed by atoms with Gasteiger partial charge in [-0.2, -0.15) is 0 Å². The number of benzene rings is 1. The number of rotatable bonds is 4. The SMILES string of the molecule is CCCc1c(OC(C)=O)ccc2c(=O)cc(N3CCOCC3)oc12. The first-order valence-electron chi connectivity index (χ1n) is 8.21. The van der Waals surface area contributed by atoms with E-state index in [-0.39, 0.29) is 5.43 Å². The minimum atomic E-state index is -0.390. The number of hydrogen-bond donors (Lipinski definition) is 0. The number of ether oxygens (including phenoxy) is 2. The van der Waals surface area contributed by atoms with E-state index in [9.17, 15) is 9.59 Å². The molecule has 6 nitrogen and oxygen atoms in total. The van der Waals surface area contributed by atoms with Gasteiger partial charge in [-0.15, -0.1) is 0 Å². The van der Waals surface area contributed by atoms with Crippen LogP contribution < -0.4 is 15.1 Å². The minimum absolute atomic E-state index is 0.0931. The normalized spacial score (nSPS) is 14.8. The number of anilines is 1. The third-order valence-corrected chi connectivity index (χ3v) is 4.02. The number of aryl methyl sites for hydroxylation is 1. The Bertz CT molecular complexity index is 805. The van der Waals surface area contributed by atoms with Crippen molar-refractivity contribution < 1.29 is 18.7 Å². The number of hydrogen-bond acceptors (Lipinski definition) is 6. The van der Waals surface area contributed by atoms with E-state index >= 15 is 0 Å². The van der Waals surface area contributed by atoms with Gasteiger partial charge in [-0.05, 0) is 18.6 Å². The first kappa shape index (κ1) is 16.5. The van der Waals surface area contributed by atoms with Crippen molar-refractivity contribution in [3.63, 3.8) is 0 Å². The largest absolute Gasteiger partial charge is 0.440 e. The van der Waals surface area contributed by atoms with E-state index in [2.05, 4.69) is 0 Å². The summed E-state index contributed by atoms with van der Waals surface area (Å²) in [6, 6.07) is 4.84. The minimum Gasteiger partial charge on any atom is -0.440 e. The third kappa shape index (κ3) is 3.28. The highest BCUT2D eigenvalue weighted by molar-refractivity contribution is 5.84. The fourth-order valence-electron chi connectivity index (χ4n) is 2.92. The van der Waals surface area contributed by atoms with Crippen LogP contribution in [0.4, 0.5) is 5.88 Å². The van der Waals surface area contributed by atoms with Crippen LogP contribution in [0.5, 0.6) is 5.75 Å².